The quantitative estimate of drug-likeness (QED) is 0.872. The van der Waals surface area contributed by atoms with E-state index >= 15 is 0 Å². The number of para-hydroxylation sites is 1. The Morgan fingerprint density at radius 3 is 3.04 bits per heavy atom. The molecule has 0 saturated carbocycles. The molecule has 0 fully saturated rings. The van der Waals surface area contributed by atoms with Crippen LogP contribution in [0.1, 0.15) is 30.9 Å². The average Bonchev–Trinajstić information content (AvgIpc) is 3.05. The number of rotatable bonds is 6. The van der Waals surface area contributed by atoms with E-state index in [0.29, 0.717) is 31.2 Å². The molecule has 0 spiro atoms. The molecule has 1 aliphatic rings. The van der Waals surface area contributed by atoms with Crippen LogP contribution in [-0.2, 0) is 24.2 Å². The third-order valence-corrected chi connectivity index (χ3v) is 4.21. The van der Waals surface area contributed by atoms with Gasteiger partial charge in [0.1, 0.15) is 18.1 Å². The van der Waals surface area contributed by atoms with Gasteiger partial charge < -0.3 is 19.3 Å². The average molecular weight is 344 g/mol. The number of aromatic nitrogens is 1. The molecule has 1 atom stereocenters. The number of carbonyl (C=O) groups is 1. The van der Waals surface area contributed by atoms with Crippen molar-refractivity contribution in [3.8, 4) is 11.5 Å². The fraction of sp³-hybridized carbons (Fsp3) is 0.474. The highest BCUT2D eigenvalue weighted by Crippen LogP contribution is 2.36. The van der Waals surface area contributed by atoms with Crippen molar-refractivity contribution in [3.63, 3.8) is 0 Å². The molecule has 3 rings (SSSR count). The molecule has 1 aromatic heterocycles. The number of benzene rings is 1. The highest BCUT2D eigenvalue weighted by atomic mass is 16.5. The Hall–Kier alpha value is -2.50. The van der Waals surface area contributed by atoms with Gasteiger partial charge in [0, 0.05) is 12.5 Å². The molecular formula is C19H24N2O4. The van der Waals surface area contributed by atoms with Gasteiger partial charge in [0.2, 0.25) is 5.91 Å². The van der Waals surface area contributed by atoms with Crippen molar-refractivity contribution in [2.24, 2.45) is 11.8 Å². The van der Waals surface area contributed by atoms with Crippen LogP contribution in [0.4, 0.5) is 0 Å². The number of ether oxygens (including phenoxy) is 2. The summed E-state index contributed by atoms with van der Waals surface area (Å²) < 4.78 is 16.3. The Morgan fingerprint density at radius 1 is 1.44 bits per heavy atom. The van der Waals surface area contributed by atoms with Gasteiger partial charge in [0.05, 0.1) is 19.6 Å². The third kappa shape index (κ3) is 4.13. The van der Waals surface area contributed by atoms with Gasteiger partial charge in [0.15, 0.2) is 11.5 Å². The lowest BCUT2D eigenvalue weighted by Crippen LogP contribution is -2.37. The molecule has 0 bridgehead atoms. The monoisotopic (exact) mass is 344 g/mol. The topological polar surface area (TPSA) is 73.6 Å². The van der Waals surface area contributed by atoms with Crippen LogP contribution < -0.4 is 14.8 Å². The van der Waals surface area contributed by atoms with Crippen molar-refractivity contribution in [3.05, 3.63) is 41.3 Å². The predicted octanol–water partition coefficient (Wildman–Crippen LogP) is 2.75. The van der Waals surface area contributed by atoms with Gasteiger partial charge in [-0.2, -0.15) is 0 Å². The molecule has 2 heterocycles. The van der Waals surface area contributed by atoms with E-state index < -0.39 is 0 Å². The first-order chi connectivity index (χ1) is 12.1. The smallest absolute Gasteiger partial charge is 0.227 e. The Morgan fingerprint density at radius 2 is 2.28 bits per heavy atom. The predicted molar refractivity (Wildman–Crippen MR) is 92.6 cm³/mol. The summed E-state index contributed by atoms with van der Waals surface area (Å²) in [4.78, 5) is 12.4. The Bertz CT molecular complexity index is 739. The summed E-state index contributed by atoms with van der Waals surface area (Å²) in [6.45, 7) is 4.96. The summed E-state index contributed by atoms with van der Waals surface area (Å²) in [6.07, 6.45) is 1.48. The first-order valence-corrected chi connectivity index (χ1v) is 8.57. The Balaban J connectivity index is 1.56. The molecule has 0 unspecified atom stereocenters. The number of nitrogens with one attached hydrogen (secondary N) is 1. The number of methoxy groups -OCH3 is 1. The Labute approximate surface area is 147 Å². The van der Waals surface area contributed by atoms with Gasteiger partial charge in [-0.25, -0.2) is 0 Å². The highest BCUT2D eigenvalue weighted by Gasteiger charge is 2.27. The standard InChI is InChI=1S/C19H24N2O4/c1-12(2)7-16-9-15(21-25-16)10-20-19(22)14-8-13-5-4-6-17(23-3)18(13)24-11-14/h4-6,9,12,14H,7-8,10-11H2,1-3H3,(H,20,22)/t14-/m1/s1. The molecule has 1 amide bonds. The molecule has 0 saturated heterocycles. The highest BCUT2D eigenvalue weighted by molar-refractivity contribution is 5.79. The largest absolute Gasteiger partial charge is 0.493 e. The zero-order valence-corrected chi connectivity index (χ0v) is 14.9. The second-order valence-electron chi connectivity index (χ2n) is 6.76. The van der Waals surface area contributed by atoms with Crippen LogP contribution in [0.15, 0.2) is 28.8 Å². The molecule has 134 valence electrons. The summed E-state index contributed by atoms with van der Waals surface area (Å²) in [5.41, 5.74) is 1.73. The third-order valence-electron chi connectivity index (χ3n) is 4.21. The van der Waals surface area contributed by atoms with E-state index in [2.05, 4.69) is 24.3 Å². The first kappa shape index (κ1) is 17.3. The van der Waals surface area contributed by atoms with Crippen molar-refractivity contribution in [2.75, 3.05) is 13.7 Å². The minimum Gasteiger partial charge on any atom is -0.493 e. The molecule has 25 heavy (non-hydrogen) atoms. The van der Waals surface area contributed by atoms with Crippen molar-refractivity contribution >= 4 is 5.91 Å². The number of carbonyl (C=O) groups excluding carboxylic acids is 1. The maximum absolute atomic E-state index is 12.4. The molecule has 6 nitrogen and oxygen atoms in total. The molecule has 1 N–H and O–H groups in total. The summed E-state index contributed by atoms with van der Waals surface area (Å²) in [5.74, 6) is 2.54. The van der Waals surface area contributed by atoms with Crippen molar-refractivity contribution in [1.82, 2.24) is 10.5 Å². The van der Waals surface area contributed by atoms with Gasteiger partial charge in [-0.3, -0.25) is 4.79 Å². The van der Waals surface area contributed by atoms with Crippen LogP contribution in [0.5, 0.6) is 11.5 Å². The number of nitrogens with zero attached hydrogens (tertiary/aromatic N) is 1. The van der Waals surface area contributed by atoms with Crippen molar-refractivity contribution < 1.29 is 18.8 Å². The van der Waals surface area contributed by atoms with E-state index in [4.69, 9.17) is 14.0 Å². The number of amides is 1. The van der Waals surface area contributed by atoms with E-state index in [1.165, 1.54) is 0 Å². The number of hydrogen-bond acceptors (Lipinski definition) is 5. The second kappa shape index (κ2) is 7.59. The minimum absolute atomic E-state index is 0.0399. The molecule has 1 aliphatic heterocycles. The number of hydrogen-bond donors (Lipinski definition) is 1. The number of fused-ring (bicyclic) bond motifs is 1. The summed E-state index contributed by atoms with van der Waals surface area (Å²) in [6, 6.07) is 7.64. The molecule has 1 aromatic carbocycles. The SMILES string of the molecule is COc1cccc2c1OC[C@H](C(=O)NCc1cc(CC(C)C)on1)C2. The maximum atomic E-state index is 12.4. The molecule has 0 aliphatic carbocycles. The van der Waals surface area contributed by atoms with Gasteiger partial charge >= 0.3 is 0 Å². The van der Waals surface area contributed by atoms with Crippen LogP contribution in [-0.4, -0.2) is 24.8 Å². The summed E-state index contributed by atoms with van der Waals surface area (Å²) in [7, 11) is 1.61. The second-order valence-corrected chi connectivity index (χ2v) is 6.76. The summed E-state index contributed by atoms with van der Waals surface area (Å²) >= 11 is 0. The van der Waals surface area contributed by atoms with Crippen molar-refractivity contribution in [1.29, 1.82) is 0 Å². The molecule has 6 heteroatoms. The van der Waals surface area contributed by atoms with E-state index in [9.17, 15) is 4.79 Å². The van der Waals surface area contributed by atoms with Crippen LogP contribution in [0.2, 0.25) is 0 Å². The zero-order valence-electron chi connectivity index (χ0n) is 14.9. The Kier molecular flexibility index (Phi) is 5.26. The van der Waals surface area contributed by atoms with E-state index in [-0.39, 0.29) is 11.8 Å². The normalized spacial score (nSPS) is 16.2. The zero-order chi connectivity index (χ0) is 17.8. The lowest BCUT2D eigenvalue weighted by atomic mass is 9.95. The molecular weight excluding hydrogens is 320 g/mol. The molecule has 2 aromatic rings. The lowest BCUT2D eigenvalue weighted by molar-refractivity contribution is -0.126. The van der Waals surface area contributed by atoms with Crippen LogP contribution in [0, 0.1) is 11.8 Å². The lowest BCUT2D eigenvalue weighted by Gasteiger charge is -2.25. The fourth-order valence-electron chi connectivity index (χ4n) is 2.98. The van der Waals surface area contributed by atoms with Crippen LogP contribution >= 0.6 is 0 Å². The van der Waals surface area contributed by atoms with Gasteiger partial charge in [-0.15, -0.1) is 0 Å². The summed E-state index contributed by atoms with van der Waals surface area (Å²) in [5, 5.41) is 6.93. The van der Waals surface area contributed by atoms with Crippen LogP contribution in [0.3, 0.4) is 0 Å². The van der Waals surface area contributed by atoms with Crippen molar-refractivity contribution in [2.45, 2.75) is 33.2 Å². The van der Waals surface area contributed by atoms with Gasteiger partial charge in [-0.05, 0) is 24.0 Å². The molecule has 0 radical (unpaired) electrons. The van der Waals surface area contributed by atoms with E-state index in [1.54, 1.807) is 7.11 Å². The van der Waals surface area contributed by atoms with E-state index in [1.807, 2.05) is 24.3 Å². The fourth-order valence-corrected chi connectivity index (χ4v) is 2.98. The minimum atomic E-state index is -0.221. The van der Waals surface area contributed by atoms with Gasteiger partial charge in [0.25, 0.3) is 0 Å². The maximum Gasteiger partial charge on any atom is 0.227 e. The van der Waals surface area contributed by atoms with Crippen LogP contribution in [0.25, 0.3) is 0 Å². The van der Waals surface area contributed by atoms with E-state index in [0.717, 1.165) is 29.2 Å². The first-order valence-electron chi connectivity index (χ1n) is 8.57. The van der Waals surface area contributed by atoms with Gasteiger partial charge in [-0.1, -0.05) is 31.1 Å².